The van der Waals surface area contributed by atoms with Gasteiger partial charge in [0.25, 0.3) is 0 Å². The molecule has 6 heterocycles. The highest BCUT2D eigenvalue weighted by Crippen LogP contribution is 2.26. The van der Waals surface area contributed by atoms with Crippen molar-refractivity contribution in [1.82, 2.24) is 72.0 Å². The maximum Gasteiger partial charge on any atom is 0.326 e. The normalized spacial score (nSPS) is 15.6. The second-order valence-electron chi connectivity index (χ2n) is 23.4. The van der Waals surface area contributed by atoms with Crippen LogP contribution in [0.3, 0.4) is 0 Å². The van der Waals surface area contributed by atoms with Gasteiger partial charge in [-0.2, -0.15) is 0 Å². The molecule has 0 unspecified atom stereocenters. The SMILES string of the molecule is C[C@@H](O)[C@H](NC(=O)[C@@H](Cc1c[nH]c2ccccc12)NC(=O)CN)C(=O)N[C@@H](Cc1c[nH]c2ccccc12)C(=O)N[C@@H](CCC(N)=O)C(=O)N[C@@H](Cc1c[nH]c2ccccc12)C(=O)N[C@@H](Cc1cnc[nH]1)C(=O)N1CCC[C@H]1C(=O)N[C@@H](Cc1c[nH]c2ccccc12)C(=O)O. The van der Waals surface area contributed by atoms with Crippen LogP contribution in [0, 0.1) is 0 Å². The smallest absolute Gasteiger partial charge is 0.326 e. The summed E-state index contributed by atoms with van der Waals surface area (Å²) in [6.07, 6.45) is 6.73. The molecule has 5 aromatic heterocycles. The monoisotopic (exact) mass is 1280 g/mol. The first-order valence-electron chi connectivity index (χ1n) is 30.8. The number of carboxylic acids is 1. The number of primary amides is 1. The number of benzene rings is 4. The molecule has 9 aromatic rings. The standard InChI is InChI=1S/C66H74N16O12/c1-35(83)58(81-62(89)50(75-57(85)28-67)23-36-29-70-45-15-6-2-11-41(36)45)64(91)78-52(25-38-31-72-47-17-8-4-13-43(38)47)60(87)76-49(20-21-56(68)84)59(86)77-51(24-37-30-71-46-16-7-3-12-42(37)46)61(88)79-53(27-40-33-69-34-74-40)65(92)82-22-10-19-55(82)63(90)80-54(66(93)94)26-39-32-73-48-18-9-5-14-44(39)48/h2-9,11-18,29-35,49-55,58,70-73,83H,10,19-28,67H2,1H3,(H2,68,84)(H,69,74)(H,75,85)(H,76,87)(H,77,86)(H,78,91)(H,79,88)(H,80,90)(H,81,89)(H,93,94)/t35-,49+,50-,51+,52+,53+,54+,55+,58+/m1/s1. The zero-order valence-corrected chi connectivity index (χ0v) is 51.2. The third kappa shape index (κ3) is 15.8. The van der Waals surface area contributed by atoms with Crippen LogP contribution in [0.1, 0.15) is 60.6 Å². The molecule has 490 valence electrons. The maximum absolute atomic E-state index is 15.2. The molecule has 94 heavy (non-hydrogen) atoms. The van der Waals surface area contributed by atoms with E-state index in [1.54, 1.807) is 79.4 Å². The van der Waals surface area contributed by atoms with Gasteiger partial charge in [0.05, 0.1) is 19.0 Å². The minimum Gasteiger partial charge on any atom is -0.480 e. The van der Waals surface area contributed by atoms with E-state index in [4.69, 9.17) is 11.5 Å². The van der Waals surface area contributed by atoms with Crippen LogP contribution in [0.15, 0.2) is 134 Å². The number of nitrogens with one attached hydrogen (secondary N) is 12. The minimum atomic E-state index is -1.74. The highest BCUT2D eigenvalue weighted by Gasteiger charge is 2.41. The molecule has 0 bridgehead atoms. The molecule has 4 aromatic carbocycles. The van der Waals surface area contributed by atoms with Gasteiger partial charge in [-0.25, -0.2) is 9.78 Å². The Balaban J connectivity index is 0.905. The maximum atomic E-state index is 15.2. The van der Waals surface area contributed by atoms with Gasteiger partial charge in [0, 0.05) is 125 Å². The van der Waals surface area contributed by atoms with Crippen LogP contribution in [0.4, 0.5) is 0 Å². The molecule has 9 atom stereocenters. The van der Waals surface area contributed by atoms with Gasteiger partial charge in [-0.05, 0) is 72.7 Å². The Morgan fingerprint density at radius 2 is 0.968 bits per heavy atom. The zero-order chi connectivity index (χ0) is 66.6. The van der Waals surface area contributed by atoms with E-state index in [0.29, 0.717) is 56.2 Å². The minimum absolute atomic E-state index is 0.0597. The Morgan fingerprint density at radius 3 is 1.41 bits per heavy atom. The average Bonchev–Trinajstić information content (AvgIpc) is 1.63. The topological polar surface area (TPSA) is 442 Å². The molecular formula is C66H74N16O12. The lowest BCUT2D eigenvalue weighted by atomic mass is 10.0. The van der Waals surface area contributed by atoms with E-state index >= 15 is 19.2 Å². The van der Waals surface area contributed by atoms with Crippen molar-refractivity contribution in [3.8, 4) is 0 Å². The first-order valence-corrected chi connectivity index (χ1v) is 30.8. The van der Waals surface area contributed by atoms with Gasteiger partial charge >= 0.3 is 5.97 Å². The van der Waals surface area contributed by atoms with Crippen molar-refractivity contribution >= 4 is 103 Å². The first kappa shape index (κ1) is 65.8. The quantitative estimate of drug-likeness (QED) is 0.0298. The second-order valence-corrected chi connectivity index (χ2v) is 23.4. The second kappa shape index (κ2) is 29.9. The van der Waals surface area contributed by atoms with Crippen molar-refractivity contribution in [3.05, 3.63) is 162 Å². The van der Waals surface area contributed by atoms with E-state index in [0.717, 1.165) is 21.8 Å². The molecule has 28 heteroatoms. The number of aliphatic hydroxyl groups is 1. The number of aliphatic hydroxyl groups excluding tert-OH is 1. The summed E-state index contributed by atoms with van der Waals surface area (Å²) in [5.41, 5.74) is 17.0. The number of rotatable bonds is 30. The van der Waals surface area contributed by atoms with E-state index in [-0.39, 0.29) is 45.1 Å². The van der Waals surface area contributed by atoms with E-state index < -0.39 is 133 Å². The highest BCUT2D eigenvalue weighted by atomic mass is 16.4. The van der Waals surface area contributed by atoms with Gasteiger partial charge in [0.2, 0.25) is 53.2 Å². The van der Waals surface area contributed by atoms with Crippen molar-refractivity contribution in [3.63, 3.8) is 0 Å². The van der Waals surface area contributed by atoms with Crippen molar-refractivity contribution in [2.45, 2.75) is 119 Å². The number of carbonyl (C=O) groups is 10. The lowest BCUT2D eigenvalue weighted by Gasteiger charge is -2.30. The molecule has 18 N–H and O–H groups in total. The van der Waals surface area contributed by atoms with Crippen LogP contribution >= 0.6 is 0 Å². The van der Waals surface area contributed by atoms with E-state index in [9.17, 15) is 39.0 Å². The van der Waals surface area contributed by atoms with Crippen molar-refractivity contribution in [1.29, 1.82) is 0 Å². The number of H-pyrrole nitrogens is 5. The number of nitrogens with zero attached hydrogens (tertiary/aromatic N) is 2. The molecule has 0 saturated carbocycles. The molecule has 0 radical (unpaired) electrons. The fraction of sp³-hybridized carbons (Fsp3) is 0.318. The van der Waals surface area contributed by atoms with E-state index in [1.807, 2.05) is 42.5 Å². The van der Waals surface area contributed by atoms with Gasteiger partial charge in [0.1, 0.15) is 48.3 Å². The van der Waals surface area contributed by atoms with E-state index in [1.165, 1.54) is 24.3 Å². The molecule has 0 aliphatic carbocycles. The predicted octanol–water partition coefficient (Wildman–Crippen LogP) is 0.922. The zero-order valence-electron chi connectivity index (χ0n) is 51.2. The van der Waals surface area contributed by atoms with Gasteiger partial charge in [-0.1, -0.05) is 72.8 Å². The van der Waals surface area contributed by atoms with Crippen LogP contribution in [-0.4, -0.2) is 172 Å². The number of nitrogens with two attached hydrogens (primary N) is 2. The number of aromatic amines is 5. The lowest BCUT2D eigenvalue weighted by molar-refractivity contribution is -0.145. The first-order chi connectivity index (χ1) is 45.3. The number of aromatic nitrogens is 6. The number of amides is 9. The molecule has 9 amide bonds. The Hall–Kier alpha value is -11.1. The van der Waals surface area contributed by atoms with Gasteiger partial charge < -0.3 is 88.7 Å². The number of para-hydroxylation sites is 4. The summed E-state index contributed by atoms with van der Waals surface area (Å²) in [6.45, 7) is 0.842. The van der Waals surface area contributed by atoms with Crippen molar-refractivity contribution < 1.29 is 58.2 Å². The van der Waals surface area contributed by atoms with Crippen LogP contribution in [0.25, 0.3) is 43.6 Å². The lowest BCUT2D eigenvalue weighted by Crippen LogP contribution is -2.62. The molecule has 28 nitrogen and oxygen atoms in total. The number of fused-ring (bicyclic) bond motifs is 4. The highest BCUT2D eigenvalue weighted by molar-refractivity contribution is 6.00. The summed E-state index contributed by atoms with van der Waals surface area (Å²) in [5.74, 6) is -9.01. The Kier molecular flexibility index (Phi) is 20.9. The molecule has 1 aliphatic heterocycles. The van der Waals surface area contributed by atoms with Crippen LogP contribution < -0.4 is 48.7 Å². The van der Waals surface area contributed by atoms with Crippen molar-refractivity contribution in [2.75, 3.05) is 13.1 Å². The van der Waals surface area contributed by atoms with Crippen LogP contribution in [0.5, 0.6) is 0 Å². The van der Waals surface area contributed by atoms with Crippen LogP contribution in [-0.2, 0) is 80.0 Å². The van der Waals surface area contributed by atoms with Gasteiger partial charge in [0.15, 0.2) is 0 Å². The summed E-state index contributed by atoms with van der Waals surface area (Å²) >= 11 is 0. The number of imidazole rings is 1. The Morgan fingerprint density at radius 1 is 0.543 bits per heavy atom. The van der Waals surface area contributed by atoms with Gasteiger partial charge in [-0.15, -0.1) is 0 Å². The summed E-state index contributed by atoms with van der Waals surface area (Å²) < 4.78 is 0. The predicted molar refractivity (Wildman–Crippen MR) is 345 cm³/mol. The largest absolute Gasteiger partial charge is 0.480 e. The Labute approximate surface area is 536 Å². The molecular weight excluding hydrogens is 1210 g/mol. The summed E-state index contributed by atoms with van der Waals surface area (Å²) in [7, 11) is 0. The van der Waals surface area contributed by atoms with E-state index in [2.05, 4.69) is 67.1 Å². The fourth-order valence-electron chi connectivity index (χ4n) is 12.0. The molecule has 1 saturated heterocycles. The number of hydrogen-bond donors (Lipinski definition) is 16. The molecule has 1 aliphatic rings. The summed E-state index contributed by atoms with van der Waals surface area (Å²) in [6, 6.07) is 17.1. The molecule has 0 spiro atoms. The number of likely N-dealkylation sites (tertiary alicyclic amines) is 1. The molecule has 10 rings (SSSR count). The van der Waals surface area contributed by atoms with Crippen LogP contribution in [0.2, 0.25) is 0 Å². The summed E-state index contributed by atoms with van der Waals surface area (Å²) in [4.78, 5) is 162. The van der Waals surface area contributed by atoms with Gasteiger partial charge in [-0.3, -0.25) is 43.2 Å². The molecule has 1 fully saturated rings. The third-order valence-corrected chi connectivity index (χ3v) is 16.9. The number of hydrogen-bond acceptors (Lipinski definition) is 13. The fourth-order valence-corrected chi connectivity index (χ4v) is 12.0. The third-order valence-electron chi connectivity index (χ3n) is 16.9. The Bertz CT molecular complexity index is 4250. The summed E-state index contributed by atoms with van der Waals surface area (Å²) in [5, 5.41) is 43.1. The average molecular weight is 1280 g/mol. The number of aliphatic carboxylic acids is 1. The van der Waals surface area contributed by atoms with Crippen molar-refractivity contribution in [2.24, 2.45) is 11.5 Å². The number of carboxylic acid groups (broad SMARTS) is 1. The number of carbonyl (C=O) groups excluding carboxylic acids is 9.